The summed E-state index contributed by atoms with van der Waals surface area (Å²) in [7, 11) is -0.222. The lowest BCUT2D eigenvalue weighted by Gasteiger charge is -2.37. The minimum Gasteiger partial charge on any atom is -0.484 e. The van der Waals surface area contributed by atoms with Crippen molar-refractivity contribution < 1.29 is 18.6 Å². The molecule has 0 aliphatic rings. The van der Waals surface area contributed by atoms with Crippen molar-refractivity contribution in [1.82, 2.24) is 4.98 Å². The number of rotatable bonds is 8. The molecule has 0 bridgehead atoms. The summed E-state index contributed by atoms with van der Waals surface area (Å²) >= 11 is 5.56. The van der Waals surface area contributed by atoms with E-state index in [9.17, 15) is 0 Å². The van der Waals surface area contributed by atoms with E-state index in [4.69, 9.17) is 18.6 Å². The molecule has 1 heterocycles. The minimum absolute atomic E-state index is 0.103. The first kappa shape index (κ1) is 22.1. The van der Waals surface area contributed by atoms with Crippen LogP contribution in [0.4, 0.5) is 0 Å². The van der Waals surface area contributed by atoms with E-state index in [0.29, 0.717) is 22.7 Å². The van der Waals surface area contributed by atoms with Gasteiger partial charge in [-0.05, 0) is 63.6 Å². The third-order valence-electron chi connectivity index (χ3n) is 4.00. The van der Waals surface area contributed by atoms with Gasteiger partial charge in [-0.2, -0.15) is 0 Å². The van der Waals surface area contributed by atoms with E-state index < -0.39 is 8.32 Å². The van der Waals surface area contributed by atoms with Crippen LogP contribution in [0.3, 0.4) is 0 Å². The number of hydrogen-bond donors (Lipinski definition) is 0. The van der Waals surface area contributed by atoms with Gasteiger partial charge in [-0.3, -0.25) is 0 Å². The van der Waals surface area contributed by atoms with E-state index in [1.807, 2.05) is 13.0 Å². The summed E-state index contributed by atoms with van der Waals surface area (Å²) in [5, 5.41) is 0.175. The van der Waals surface area contributed by atoms with E-state index in [-0.39, 0.29) is 17.9 Å². The highest BCUT2D eigenvalue weighted by atomic mass is 127. The zero-order valence-corrected chi connectivity index (χ0v) is 20.1. The van der Waals surface area contributed by atoms with Crippen molar-refractivity contribution in [3.8, 4) is 11.5 Å². The highest BCUT2D eigenvalue weighted by Gasteiger charge is 2.37. The SMILES string of the molecule is COCOc1c(O[C@H](C)CO[Si](C)(C)C(C)(C)C)cc(I)nc1Br. The first-order chi connectivity index (χ1) is 11.0. The largest absolute Gasteiger partial charge is 0.484 e. The second-order valence-electron chi connectivity index (χ2n) is 7.11. The van der Waals surface area contributed by atoms with Gasteiger partial charge in [0.25, 0.3) is 0 Å². The molecule has 0 amide bonds. The van der Waals surface area contributed by atoms with Crippen LogP contribution in [0.2, 0.25) is 18.1 Å². The standard InChI is InChI=1S/C16H27BrINO4Si/c1-11(9-22-24(6,7)16(2,3)4)23-12-8-13(18)19-15(17)14(12)21-10-20-5/h8,11H,9-10H2,1-7H3/t11-/m1/s1. The van der Waals surface area contributed by atoms with E-state index in [0.717, 1.165) is 3.70 Å². The highest BCUT2D eigenvalue weighted by molar-refractivity contribution is 14.1. The zero-order chi connectivity index (χ0) is 18.5. The summed E-state index contributed by atoms with van der Waals surface area (Å²) < 4.78 is 24.2. The molecule has 0 aromatic carbocycles. The third-order valence-corrected chi connectivity index (χ3v) is 9.59. The summed E-state index contributed by atoms with van der Waals surface area (Å²) in [6.45, 7) is 13.8. The van der Waals surface area contributed by atoms with Gasteiger partial charge in [0.15, 0.2) is 31.2 Å². The Kier molecular flexibility index (Phi) is 8.45. The van der Waals surface area contributed by atoms with Crippen LogP contribution >= 0.6 is 38.5 Å². The molecule has 0 spiro atoms. The first-order valence-electron chi connectivity index (χ1n) is 7.76. The average Bonchev–Trinajstić information content (AvgIpc) is 2.43. The summed E-state index contributed by atoms with van der Waals surface area (Å²) in [6, 6.07) is 1.85. The molecule has 138 valence electrons. The fourth-order valence-corrected chi connectivity index (χ4v) is 4.02. The second-order valence-corrected chi connectivity index (χ2v) is 13.8. The molecule has 8 heteroatoms. The maximum absolute atomic E-state index is 6.23. The number of aromatic nitrogens is 1. The molecule has 1 aromatic heterocycles. The van der Waals surface area contributed by atoms with Crippen LogP contribution in [0.1, 0.15) is 27.7 Å². The molecule has 0 unspecified atom stereocenters. The van der Waals surface area contributed by atoms with Crippen LogP contribution in [-0.2, 0) is 9.16 Å². The number of pyridine rings is 1. The number of nitrogens with zero attached hydrogens (tertiary/aromatic N) is 1. The van der Waals surface area contributed by atoms with E-state index in [1.54, 1.807) is 7.11 Å². The van der Waals surface area contributed by atoms with Crippen LogP contribution in [0.15, 0.2) is 10.7 Å². The lowest BCUT2D eigenvalue weighted by molar-refractivity contribution is 0.0449. The van der Waals surface area contributed by atoms with Crippen LogP contribution in [0.5, 0.6) is 11.5 Å². The number of hydrogen-bond acceptors (Lipinski definition) is 5. The molecular weight excluding hydrogens is 505 g/mol. The van der Waals surface area contributed by atoms with Gasteiger partial charge < -0.3 is 18.6 Å². The Balaban J connectivity index is 2.81. The molecule has 1 aromatic rings. The fraction of sp³-hybridized carbons (Fsp3) is 0.688. The number of halogens is 2. The van der Waals surface area contributed by atoms with Crippen LogP contribution in [-0.4, -0.2) is 39.9 Å². The molecule has 0 fully saturated rings. The molecule has 0 aliphatic heterocycles. The lowest BCUT2D eigenvalue weighted by atomic mass is 10.2. The number of ether oxygens (including phenoxy) is 3. The smallest absolute Gasteiger partial charge is 0.197 e. The molecule has 24 heavy (non-hydrogen) atoms. The Hall–Kier alpha value is 0.0969. The lowest BCUT2D eigenvalue weighted by Crippen LogP contribution is -2.43. The predicted octanol–water partition coefficient (Wildman–Crippen LogP) is 5.22. The van der Waals surface area contributed by atoms with Crippen molar-refractivity contribution in [3.05, 3.63) is 14.4 Å². The zero-order valence-electron chi connectivity index (χ0n) is 15.4. The molecule has 0 saturated carbocycles. The molecule has 5 nitrogen and oxygen atoms in total. The topological polar surface area (TPSA) is 49.8 Å². The Morgan fingerprint density at radius 3 is 2.50 bits per heavy atom. The van der Waals surface area contributed by atoms with Gasteiger partial charge in [-0.1, -0.05) is 20.8 Å². The molecule has 1 atom stereocenters. The molecule has 0 N–H and O–H groups in total. The summed E-state index contributed by atoms with van der Waals surface area (Å²) in [5.74, 6) is 1.17. The molecule has 0 aliphatic carbocycles. The monoisotopic (exact) mass is 531 g/mol. The van der Waals surface area contributed by atoms with Crippen LogP contribution < -0.4 is 9.47 Å². The molecule has 1 rings (SSSR count). The summed E-state index contributed by atoms with van der Waals surface area (Å²) in [6.07, 6.45) is -0.103. The highest BCUT2D eigenvalue weighted by Crippen LogP contribution is 2.38. The maximum Gasteiger partial charge on any atom is 0.197 e. The third kappa shape index (κ3) is 6.43. The van der Waals surface area contributed by atoms with Gasteiger partial charge in [0.2, 0.25) is 0 Å². The van der Waals surface area contributed by atoms with E-state index >= 15 is 0 Å². The summed E-state index contributed by atoms with van der Waals surface area (Å²) in [4.78, 5) is 4.33. The van der Waals surface area contributed by atoms with Crippen LogP contribution in [0.25, 0.3) is 0 Å². The van der Waals surface area contributed by atoms with Crippen molar-refractivity contribution in [2.75, 3.05) is 20.5 Å². The average molecular weight is 532 g/mol. The second kappa shape index (κ2) is 9.16. The first-order valence-corrected chi connectivity index (χ1v) is 12.5. The van der Waals surface area contributed by atoms with Gasteiger partial charge in [0.05, 0.1) is 6.61 Å². The Bertz CT molecular complexity index is 552. The van der Waals surface area contributed by atoms with Gasteiger partial charge in [0.1, 0.15) is 9.80 Å². The summed E-state index contributed by atoms with van der Waals surface area (Å²) in [5.41, 5.74) is 0. The van der Waals surface area contributed by atoms with Gasteiger partial charge in [0, 0.05) is 13.2 Å². The number of methoxy groups -OCH3 is 1. The van der Waals surface area contributed by atoms with E-state index in [2.05, 4.69) is 77.4 Å². The Morgan fingerprint density at radius 1 is 1.33 bits per heavy atom. The van der Waals surface area contributed by atoms with E-state index in [1.165, 1.54) is 0 Å². The minimum atomic E-state index is -1.80. The fourth-order valence-electron chi connectivity index (χ4n) is 1.58. The van der Waals surface area contributed by atoms with Crippen molar-refractivity contribution in [1.29, 1.82) is 0 Å². The molecular formula is C16H27BrINO4Si. The van der Waals surface area contributed by atoms with Crippen molar-refractivity contribution in [2.24, 2.45) is 0 Å². The maximum atomic E-state index is 6.23. The van der Waals surface area contributed by atoms with Crippen LogP contribution in [0, 0.1) is 3.70 Å². The van der Waals surface area contributed by atoms with Gasteiger partial charge in [-0.25, -0.2) is 4.98 Å². The van der Waals surface area contributed by atoms with Crippen molar-refractivity contribution >= 4 is 46.8 Å². The van der Waals surface area contributed by atoms with Crippen molar-refractivity contribution in [2.45, 2.75) is 51.9 Å². The Labute approximate surface area is 168 Å². The quantitative estimate of drug-likeness (QED) is 0.199. The predicted molar refractivity (Wildman–Crippen MR) is 110 cm³/mol. The van der Waals surface area contributed by atoms with Crippen molar-refractivity contribution in [3.63, 3.8) is 0 Å². The van der Waals surface area contributed by atoms with Gasteiger partial charge >= 0.3 is 0 Å². The van der Waals surface area contributed by atoms with Gasteiger partial charge in [-0.15, -0.1) is 0 Å². The molecule has 0 saturated heterocycles. The normalized spacial score (nSPS) is 13.7. The Morgan fingerprint density at radius 2 is 1.96 bits per heavy atom. The molecule has 0 radical (unpaired) electrons.